The number of carboxylic acid groups (broad SMARTS) is 1. The fraction of sp³-hybridized carbons (Fsp3) is 0.111. The number of halogens is 2. The van der Waals surface area contributed by atoms with Crippen molar-refractivity contribution in [2.75, 3.05) is 0 Å². The van der Waals surface area contributed by atoms with Gasteiger partial charge in [0, 0.05) is 12.1 Å². The van der Waals surface area contributed by atoms with Gasteiger partial charge in [0.1, 0.15) is 17.4 Å². The predicted molar refractivity (Wildman–Crippen MR) is 56.7 cm³/mol. The quantitative estimate of drug-likeness (QED) is 0.635. The average molecular weight is 275 g/mol. The first-order valence-corrected chi connectivity index (χ1v) is 4.39. The Labute approximate surface area is 104 Å². The van der Waals surface area contributed by atoms with E-state index in [4.69, 9.17) is 15.2 Å². The van der Waals surface area contributed by atoms with Crippen molar-refractivity contribution >= 4 is 11.8 Å². The van der Waals surface area contributed by atoms with Gasteiger partial charge in [-0.3, -0.25) is 10.1 Å². The third-order valence-corrected chi connectivity index (χ3v) is 1.51. The molecule has 8 nitrogen and oxygen atoms in total. The number of nitro benzene ring substituents is 1. The molecular weight excluding hydrogens is 268 g/mol. The highest BCUT2D eigenvalue weighted by molar-refractivity contribution is 5.61. The molecule has 0 aliphatic rings. The molecule has 0 fully saturated rings. The van der Waals surface area contributed by atoms with Crippen molar-refractivity contribution in [2.24, 2.45) is 5.73 Å². The number of alkyl halides is 2. The van der Waals surface area contributed by atoms with Crippen molar-refractivity contribution in [3.8, 4) is 11.8 Å². The van der Waals surface area contributed by atoms with Crippen LogP contribution in [-0.4, -0.2) is 22.7 Å². The summed E-state index contributed by atoms with van der Waals surface area (Å²) in [6, 6.07) is 4.35. The first kappa shape index (κ1) is 16.0. The van der Waals surface area contributed by atoms with Crippen LogP contribution in [0.4, 0.5) is 19.3 Å². The second kappa shape index (κ2) is 7.38. The number of nitriles is 1. The maximum Gasteiger partial charge on any atom is 0.402 e. The van der Waals surface area contributed by atoms with Crippen LogP contribution in [-0.2, 0) is 0 Å². The topological polar surface area (TPSA) is 139 Å². The highest BCUT2D eigenvalue weighted by atomic mass is 19.3. The Morgan fingerprint density at radius 3 is 2.47 bits per heavy atom. The van der Waals surface area contributed by atoms with Gasteiger partial charge < -0.3 is 15.6 Å². The molecule has 1 aromatic rings. The number of hydrogen-bond acceptors (Lipinski definition) is 5. The fourth-order valence-corrected chi connectivity index (χ4v) is 0.918. The molecule has 19 heavy (non-hydrogen) atoms. The summed E-state index contributed by atoms with van der Waals surface area (Å²) in [5.41, 5.74) is 3.37. The van der Waals surface area contributed by atoms with E-state index in [0.29, 0.717) is 0 Å². The minimum absolute atomic E-state index is 0.301. The first-order valence-electron chi connectivity index (χ1n) is 4.39. The molecule has 0 unspecified atom stereocenters. The zero-order valence-electron chi connectivity index (χ0n) is 9.12. The number of nitro groups is 1. The Kier molecular flexibility index (Phi) is 6.23. The molecule has 0 bridgehead atoms. The molecule has 102 valence electrons. The number of nitrogens with zero attached hydrogens (tertiary/aromatic N) is 2. The lowest BCUT2D eigenvalue weighted by Gasteiger charge is -2.05. The van der Waals surface area contributed by atoms with E-state index in [2.05, 4.69) is 10.5 Å². The number of rotatable bonds is 3. The molecule has 3 N–H and O–H groups in total. The smallest absolute Gasteiger partial charge is 0.402 e. The molecule has 0 aliphatic heterocycles. The van der Waals surface area contributed by atoms with Crippen LogP contribution in [0.3, 0.4) is 0 Å². The summed E-state index contributed by atoms with van der Waals surface area (Å²) in [7, 11) is 0. The molecule has 0 heterocycles. The number of ether oxygens (including phenoxy) is 1. The molecular formula is C9H7F2N3O5. The van der Waals surface area contributed by atoms with E-state index in [1.165, 1.54) is 6.07 Å². The van der Waals surface area contributed by atoms with E-state index in [1.54, 1.807) is 0 Å². The third kappa shape index (κ3) is 6.37. The third-order valence-electron chi connectivity index (χ3n) is 1.51. The van der Waals surface area contributed by atoms with Gasteiger partial charge in [0.2, 0.25) is 0 Å². The van der Waals surface area contributed by atoms with Crippen molar-refractivity contribution < 1.29 is 28.3 Å². The van der Waals surface area contributed by atoms with E-state index >= 15 is 0 Å². The van der Waals surface area contributed by atoms with Gasteiger partial charge in [0.15, 0.2) is 0 Å². The molecule has 0 aliphatic carbocycles. The summed E-state index contributed by atoms with van der Waals surface area (Å²) in [5.74, 6) is -0.377. The maximum atomic E-state index is 11.8. The number of hydrogen-bond donors (Lipinski definition) is 2. The number of non-ortho nitro benzene ring substituents is 1. The van der Waals surface area contributed by atoms with Crippen LogP contribution in [0.5, 0.6) is 5.75 Å². The molecule has 0 aromatic heterocycles. The summed E-state index contributed by atoms with van der Waals surface area (Å²) >= 11 is 0. The van der Waals surface area contributed by atoms with Gasteiger partial charge in [0.05, 0.1) is 4.92 Å². The highest BCUT2D eigenvalue weighted by Gasteiger charge is 2.14. The lowest BCUT2D eigenvalue weighted by Crippen LogP contribution is -2.03. The lowest BCUT2D eigenvalue weighted by atomic mass is 10.2. The molecule has 10 heteroatoms. The SMILES string of the molecule is N#Cc1cc([N+](=O)[O-])ccc1OC(F)F.NC(=O)O. The Hall–Kier alpha value is -2.96. The standard InChI is InChI=1S/C8H4F2N2O3.CH3NO2/c9-8(10)15-7-2-1-6(12(13)14)3-5(7)4-11;2-1(3)4/h1-3,8H;2H2,(H,3,4). The molecule has 0 saturated carbocycles. The van der Waals surface area contributed by atoms with Gasteiger partial charge in [-0.05, 0) is 6.07 Å². The van der Waals surface area contributed by atoms with Crippen molar-refractivity contribution in [3.05, 3.63) is 33.9 Å². The largest absolute Gasteiger partial charge is 0.465 e. The van der Waals surface area contributed by atoms with Crippen LogP contribution in [0.1, 0.15) is 5.56 Å². The zero-order valence-corrected chi connectivity index (χ0v) is 9.12. The van der Waals surface area contributed by atoms with Crippen molar-refractivity contribution in [2.45, 2.75) is 6.61 Å². The molecule has 0 radical (unpaired) electrons. The van der Waals surface area contributed by atoms with Crippen molar-refractivity contribution in [1.82, 2.24) is 0 Å². The van der Waals surface area contributed by atoms with Crippen LogP contribution in [0, 0.1) is 21.4 Å². The summed E-state index contributed by atoms with van der Waals surface area (Å²) in [4.78, 5) is 18.4. The number of benzene rings is 1. The summed E-state index contributed by atoms with van der Waals surface area (Å²) < 4.78 is 27.7. The first-order chi connectivity index (χ1) is 8.77. The summed E-state index contributed by atoms with van der Waals surface area (Å²) in [5, 5.41) is 26.0. The number of amides is 1. The Morgan fingerprint density at radius 1 is 1.58 bits per heavy atom. The molecule has 0 atom stereocenters. The van der Waals surface area contributed by atoms with Gasteiger partial charge in [-0.15, -0.1) is 0 Å². The Bertz CT molecular complexity index is 511. The number of carbonyl (C=O) groups is 1. The second-order valence-corrected chi connectivity index (χ2v) is 2.77. The van der Waals surface area contributed by atoms with Gasteiger partial charge in [-0.25, -0.2) is 4.79 Å². The monoisotopic (exact) mass is 275 g/mol. The molecule has 1 aromatic carbocycles. The predicted octanol–water partition coefficient (Wildman–Crippen LogP) is 1.69. The molecule has 0 saturated heterocycles. The highest BCUT2D eigenvalue weighted by Crippen LogP contribution is 2.24. The van der Waals surface area contributed by atoms with Gasteiger partial charge in [-0.2, -0.15) is 14.0 Å². The average Bonchev–Trinajstić information content (AvgIpc) is 2.27. The fourth-order valence-electron chi connectivity index (χ4n) is 0.918. The molecule has 1 amide bonds. The molecule has 1 rings (SSSR count). The van der Waals surface area contributed by atoms with Crippen LogP contribution in [0.2, 0.25) is 0 Å². The van der Waals surface area contributed by atoms with Crippen LogP contribution in [0.15, 0.2) is 18.2 Å². The maximum absolute atomic E-state index is 11.8. The summed E-state index contributed by atoms with van der Waals surface area (Å²) in [6.45, 7) is -3.07. The van der Waals surface area contributed by atoms with Crippen LogP contribution in [0.25, 0.3) is 0 Å². The zero-order chi connectivity index (χ0) is 15.0. The van der Waals surface area contributed by atoms with Gasteiger partial charge in [-0.1, -0.05) is 0 Å². The van der Waals surface area contributed by atoms with E-state index in [9.17, 15) is 18.9 Å². The van der Waals surface area contributed by atoms with E-state index < -0.39 is 17.6 Å². The van der Waals surface area contributed by atoms with E-state index in [1.807, 2.05) is 0 Å². The van der Waals surface area contributed by atoms with Crippen LogP contribution < -0.4 is 10.5 Å². The van der Waals surface area contributed by atoms with E-state index in [0.717, 1.165) is 18.2 Å². The van der Waals surface area contributed by atoms with E-state index in [-0.39, 0.29) is 17.0 Å². The summed E-state index contributed by atoms with van der Waals surface area (Å²) in [6.07, 6.45) is -1.33. The van der Waals surface area contributed by atoms with Gasteiger partial charge in [0.25, 0.3) is 5.69 Å². The minimum Gasteiger partial charge on any atom is -0.465 e. The van der Waals surface area contributed by atoms with Crippen LogP contribution >= 0.6 is 0 Å². The van der Waals surface area contributed by atoms with Gasteiger partial charge >= 0.3 is 12.7 Å². The number of primary amides is 1. The van der Waals surface area contributed by atoms with Crippen molar-refractivity contribution in [1.29, 1.82) is 5.26 Å². The Balaban J connectivity index is 0.000000711. The molecule has 0 spiro atoms. The minimum atomic E-state index is -3.07. The number of nitrogens with two attached hydrogens (primary N) is 1. The van der Waals surface area contributed by atoms with Crippen molar-refractivity contribution in [3.63, 3.8) is 0 Å². The normalized spacial score (nSPS) is 8.95. The Morgan fingerprint density at radius 2 is 2.11 bits per heavy atom. The second-order valence-electron chi connectivity index (χ2n) is 2.77. The lowest BCUT2D eigenvalue weighted by molar-refractivity contribution is -0.384.